The maximum Gasteiger partial charge on any atom is 0.0951 e. The highest BCUT2D eigenvalue weighted by atomic mass is 15.0. The summed E-state index contributed by atoms with van der Waals surface area (Å²) in [5.74, 6) is 0.767. The number of aryl methyl sites for hydroxylation is 2. The molecule has 0 radical (unpaired) electrons. The van der Waals surface area contributed by atoms with E-state index in [4.69, 9.17) is 0 Å². The van der Waals surface area contributed by atoms with Crippen molar-refractivity contribution in [3.63, 3.8) is 0 Å². The van der Waals surface area contributed by atoms with Gasteiger partial charge >= 0.3 is 0 Å². The molecule has 1 aliphatic rings. The van der Waals surface area contributed by atoms with Crippen LogP contribution in [0.5, 0.6) is 0 Å². The van der Waals surface area contributed by atoms with E-state index < -0.39 is 0 Å². The third-order valence-electron chi connectivity index (χ3n) is 3.58. The van der Waals surface area contributed by atoms with Gasteiger partial charge in [-0.05, 0) is 37.8 Å². The first-order valence-corrected chi connectivity index (χ1v) is 6.30. The maximum atomic E-state index is 4.29. The summed E-state index contributed by atoms with van der Waals surface area (Å²) in [5.41, 5.74) is 5.51. The van der Waals surface area contributed by atoms with Crippen molar-refractivity contribution in [2.45, 2.75) is 39.2 Å². The molecule has 3 rings (SSSR count). The fraction of sp³-hybridized carbons (Fsp3) is 0.400. The van der Waals surface area contributed by atoms with Gasteiger partial charge in [0.1, 0.15) is 0 Å². The second-order valence-corrected chi connectivity index (χ2v) is 5.15. The standard InChI is InChI=1S/C15H18N2/c1-11-3-4-14(12(2)7-11)9-17-10-16-8-15(17)13-5-6-13/h3-4,7-8,10,13H,5-6,9H2,1-2H3. The van der Waals surface area contributed by atoms with Crippen molar-refractivity contribution in [1.29, 1.82) is 0 Å². The molecule has 1 aliphatic carbocycles. The largest absolute Gasteiger partial charge is 0.330 e. The van der Waals surface area contributed by atoms with Gasteiger partial charge in [-0.2, -0.15) is 0 Å². The van der Waals surface area contributed by atoms with Crippen molar-refractivity contribution in [3.8, 4) is 0 Å². The average molecular weight is 226 g/mol. The van der Waals surface area contributed by atoms with E-state index in [9.17, 15) is 0 Å². The van der Waals surface area contributed by atoms with E-state index in [0.29, 0.717) is 0 Å². The van der Waals surface area contributed by atoms with Gasteiger partial charge in [0.2, 0.25) is 0 Å². The molecule has 0 N–H and O–H groups in total. The zero-order valence-electron chi connectivity index (χ0n) is 10.5. The Bertz CT molecular complexity index is 536. The predicted molar refractivity (Wildman–Crippen MR) is 69.2 cm³/mol. The van der Waals surface area contributed by atoms with Crippen LogP contribution in [0, 0.1) is 13.8 Å². The Labute approximate surface area is 102 Å². The number of rotatable bonds is 3. The van der Waals surface area contributed by atoms with Crippen LogP contribution < -0.4 is 0 Å². The Hall–Kier alpha value is -1.57. The minimum atomic E-state index is 0.767. The summed E-state index contributed by atoms with van der Waals surface area (Å²) in [6, 6.07) is 6.68. The summed E-state index contributed by atoms with van der Waals surface area (Å²) in [5, 5.41) is 0. The second kappa shape index (κ2) is 4.02. The maximum absolute atomic E-state index is 4.29. The highest BCUT2D eigenvalue weighted by molar-refractivity contribution is 5.31. The first-order chi connectivity index (χ1) is 8.24. The Morgan fingerprint density at radius 2 is 2.12 bits per heavy atom. The second-order valence-electron chi connectivity index (χ2n) is 5.15. The summed E-state index contributed by atoms with van der Waals surface area (Å²) < 4.78 is 2.30. The van der Waals surface area contributed by atoms with E-state index in [-0.39, 0.29) is 0 Å². The fourth-order valence-electron chi connectivity index (χ4n) is 2.39. The van der Waals surface area contributed by atoms with Gasteiger partial charge in [-0.3, -0.25) is 0 Å². The highest BCUT2D eigenvalue weighted by Gasteiger charge is 2.26. The van der Waals surface area contributed by atoms with E-state index in [1.165, 1.54) is 35.2 Å². The van der Waals surface area contributed by atoms with Crippen LogP contribution in [-0.2, 0) is 6.54 Å². The Kier molecular flexibility index (Phi) is 2.50. The van der Waals surface area contributed by atoms with Crippen LogP contribution in [0.4, 0.5) is 0 Å². The lowest BCUT2D eigenvalue weighted by Crippen LogP contribution is -2.03. The molecule has 1 heterocycles. The van der Waals surface area contributed by atoms with Crippen LogP contribution in [0.1, 0.15) is 41.1 Å². The van der Waals surface area contributed by atoms with Crippen LogP contribution in [0.2, 0.25) is 0 Å². The third-order valence-corrected chi connectivity index (χ3v) is 3.58. The molecule has 1 fully saturated rings. The lowest BCUT2D eigenvalue weighted by molar-refractivity contribution is 0.738. The van der Waals surface area contributed by atoms with Gasteiger partial charge in [-0.1, -0.05) is 23.8 Å². The van der Waals surface area contributed by atoms with Crippen molar-refractivity contribution in [2.75, 3.05) is 0 Å². The number of aromatic nitrogens is 2. The van der Waals surface area contributed by atoms with Crippen LogP contribution in [0.3, 0.4) is 0 Å². The summed E-state index contributed by atoms with van der Waals surface area (Å²) in [6.07, 6.45) is 6.66. The van der Waals surface area contributed by atoms with Crippen molar-refractivity contribution >= 4 is 0 Å². The van der Waals surface area contributed by atoms with Crippen molar-refractivity contribution in [1.82, 2.24) is 9.55 Å². The molecule has 2 aromatic rings. The molecule has 0 amide bonds. The summed E-state index contributed by atoms with van der Waals surface area (Å²) in [6.45, 7) is 5.29. The molecule has 0 bridgehead atoms. The molecular weight excluding hydrogens is 208 g/mol. The molecule has 17 heavy (non-hydrogen) atoms. The number of benzene rings is 1. The van der Waals surface area contributed by atoms with E-state index in [2.05, 4.69) is 41.6 Å². The van der Waals surface area contributed by atoms with E-state index in [1.807, 2.05) is 12.5 Å². The van der Waals surface area contributed by atoms with Gasteiger partial charge in [-0.25, -0.2) is 4.98 Å². The minimum Gasteiger partial charge on any atom is -0.330 e. The fourth-order valence-corrected chi connectivity index (χ4v) is 2.39. The zero-order chi connectivity index (χ0) is 11.8. The number of hydrogen-bond acceptors (Lipinski definition) is 1. The first-order valence-electron chi connectivity index (χ1n) is 6.30. The molecule has 1 aromatic heterocycles. The molecule has 0 spiro atoms. The van der Waals surface area contributed by atoms with Crippen LogP contribution in [-0.4, -0.2) is 9.55 Å². The molecule has 2 heteroatoms. The predicted octanol–water partition coefficient (Wildman–Crippen LogP) is 3.43. The zero-order valence-corrected chi connectivity index (χ0v) is 10.5. The van der Waals surface area contributed by atoms with E-state index >= 15 is 0 Å². The van der Waals surface area contributed by atoms with Gasteiger partial charge in [-0.15, -0.1) is 0 Å². The molecular formula is C15H18N2. The smallest absolute Gasteiger partial charge is 0.0951 e. The molecule has 0 saturated heterocycles. The summed E-state index contributed by atoms with van der Waals surface area (Å²) in [4.78, 5) is 4.29. The van der Waals surface area contributed by atoms with E-state index in [1.54, 1.807) is 0 Å². The first kappa shape index (κ1) is 10.6. The Balaban J connectivity index is 1.88. The molecule has 2 nitrogen and oxygen atoms in total. The normalized spacial score (nSPS) is 15.2. The van der Waals surface area contributed by atoms with Crippen LogP contribution >= 0.6 is 0 Å². The van der Waals surface area contributed by atoms with Gasteiger partial charge in [0, 0.05) is 24.4 Å². The molecule has 1 aromatic carbocycles. The van der Waals surface area contributed by atoms with Gasteiger partial charge in [0.25, 0.3) is 0 Å². The Morgan fingerprint density at radius 3 is 2.82 bits per heavy atom. The van der Waals surface area contributed by atoms with Crippen LogP contribution in [0.15, 0.2) is 30.7 Å². The SMILES string of the molecule is Cc1ccc(Cn2cncc2C2CC2)c(C)c1. The molecule has 0 atom stereocenters. The molecule has 0 aliphatic heterocycles. The molecule has 1 saturated carbocycles. The number of hydrogen-bond donors (Lipinski definition) is 0. The highest BCUT2D eigenvalue weighted by Crippen LogP contribution is 2.39. The topological polar surface area (TPSA) is 17.8 Å². The van der Waals surface area contributed by atoms with Crippen molar-refractivity contribution in [2.24, 2.45) is 0 Å². The Morgan fingerprint density at radius 1 is 1.29 bits per heavy atom. The lowest BCUT2D eigenvalue weighted by Gasteiger charge is -2.10. The summed E-state index contributed by atoms with van der Waals surface area (Å²) in [7, 11) is 0. The monoisotopic (exact) mass is 226 g/mol. The summed E-state index contributed by atoms with van der Waals surface area (Å²) >= 11 is 0. The lowest BCUT2D eigenvalue weighted by atomic mass is 10.1. The van der Waals surface area contributed by atoms with E-state index in [0.717, 1.165) is 12.5 Å². The van der Waals surface area contributed by atoms with Crippen molar-refractivity contribution < 1.29 is 0 Å². The van der Waals surface area contributed by atoms with Crippen molar-refractivity contribution in [3.05, 3.63) is 53.1 Å². The average Bonchev–Trinajstić information content (AvgIpc) is 3.03. The third kappa shape index (κ3) is 2.12. The minimum absolute atomic E-state index is 0.767. The van der Waals surface area contributed by atoms with Gasteiger partial charge in [0.05, 0.1) is 6.33 Å². The molecule has 0 unspecified atom stereocenters. The number of nitrogens with zero attached hydrogens (tertiary/aromatic N) is 2. The quantitative estimate of drug-likeness (QED) is 0.784. The number of imidazole rings is 1. The van der Waals surface area contributed by atoms with Gasteiger partial charge < -0.3 is 4.57 Å². The van der Waals surface area contributed by atoms with Gasteiger partial charge in [0.15, 0.2) is 0 Å². The molecule has 88 valence electrons. The van der Waals surface area contributed by atoms with Crippen LogP contribution in [0.25, 0.3) is 0 Å².